The third kappa shape index (κ3) is 3.40. The number of nitrogens with one attached hydrogen (secondary N) is 1. The zero-order chi connectivity index (χ0) is 14.7. The lowest BCUT2D eigenvalue weighted by atomic mass is 10.1. The molecule has 3 N–H and O–H groups in total. The number of rotatable bonds is 3. The molecule has 21 heavy (non-hydrogen) atoms. The quantitative estimate of drug-likeness (QED) is 0.671. The van der Waals surface area contributed by atoms with Crippen molar-refractivity contribution >= 4 is 11.6 Å². The van der Waals surface area contributed by atoms with E-state index >= 15 is 0 Å². The van der Waals surface area contributed by atoms with E-state index < -0.39 is 0 Å². The van der Waals surface area contributed by atoms with Gasteiger partial charge in [0, 0.05) is 17.6 Å². The third-order valence-corrected chi connectivity index (χ3v) is 3.76. The largest absolute Gasteiger partial charge is 0.370 e. The molecule has 1 heterocycles. The first kappa shape index (κ1) is 13.6. The number of hydrogen-bond acceptors (Lipinski definition) is 2. The molecule has 0 amide bonds. The number of aliphatic imine (C=N–C) groups is 1. The molecule has 2 aromatic rings. The second-order valence-corrected chi connectivity index (χ2v) is 5.47. The molecule has 108 valence electrons. The van der Waals surface area contributed by atoms with Gasteiger partial charge in [-0.1, -0.05) is 6.07 Å². The predicted molar refractivity (Wildman–Crippen MR) is 86.4 cm³/mol. The van der Waals surface area contributed by atoms with Crippen molar-refractivity contribution in [2.24, 2.45) is 10.7 Å². The van der Waals surface area contributed by atoms with Gasteiger partial charge in [0.1, 0.15) is 0 Å². The van der Waals surface area contributed by atoms with Crippen LogP contribution in [0, 0.1) is 6.92 Å². The fourth-order valence-electron chi connectivity index (χ4n) is 2.72. The highest BCUT2D eigenvalue weighted by Crippen LogP contribution is 2.24. The summed E-state index contributed by atoms with van der Waals surface area (Å²) in [5, 5.41) is 3.17. The van der Waals surface area contributed by atoms with Crippen LogP contribution in [-0.4, -0.2) is 10.9 Å². The van der Waals surface area contributed by atoms with E-state index in [9.17, 15) is 0 Å². The molecule has 0 spiro atoms. The topological polar surface area (TPSA) is 63.3 Å². The van der Waals surface area contributed by atoms with E-state index in [4.69, 9.17) is 5.73 Å². The number of guanidine groups is 1. The highest BCUT2D eigenvalue weighted by Gasteiger charge is 2.10. The average Bonchev–Trinajstić information content (AvgIpc) is 2.93. The van der Waals surface area contributed by atoms with Crippen molar-refractivity contribution in [3.63, 3.8) is 0 Å². The minimum atomic E-state index is 0.447. The molecule has 0 atom stereocenters. The van der Waals surface area contributed by atoms with E-state index in [1.807, 2.05) is 19.1 Å². The molecule has 0 saturated carbocycles. The van der Waals surface area contributed by atoms with Crippen LogP contribution >= 0.6 is 0 Å². The summed E-state index contributed by atoms with van der Waals surface area (Å²) in [6, 6.07) is 10.4. The Morgan fingerprint density at radius 2 is 2.10 bits per heavy atom. The normalized spacial score (nSPS) is 14.0. The van der Waals surface area contributed by atoms with Crippen LogP contribution < -0.4 is 11.1 Å². The third-order valence-electron chi connectivity index (χ3n) is 3.76. The average molecular weight is 280 g/mol. The number of nitrogens with two attached hydrogens (primary N) is 1. The summed E-state index contributed by atoms with van der Waals surface area (Å²) in [7, 11) is 0. The van der Waals surface area contributed by atoms with Crippen LogP contribution in [0.3, 0.4) is 0 Å². The van der Waals surface area contributed by atoms with E-state index in [0.717, 1.165) is 23.4 Å². The van der Waals surface area contributed by atoms with E-state index in [2.05, 4.69) is 33.5 Å². The molecule has 4 nitrogen and oxygen atoms in total. The standard InChI is InChI=1S/C17H20N4/c1-12-9-13(7-8-19-12)11-20-17(18)21-16-6-5-14-3-2-4-15(14)10-16/h5-10H,2-4,11H2,1H3,(H3,18,20,21). The maximum absolute atomic E-state index is 5.96. The number of anilines is 1. The van der Waals surface area contributed by atoms with Crippen LogP contribution in [0.25, 0.3) is 0 Å². The van der Waals surface area contributed by atoms with Crippen LogP contribution in [0.4, 0.5) is 5.69 Å². The summed E-state index contributed by atoms with van der Waals surface area (Å²) in [4.78, 5) is 8.55. The SMILES string of the molecule is Cc1cc(CN=C(N)Nc2ccc3c(c2)CCC3)ccn1. The van der Waals surface area contributed by atoms with Crippen molar-refractivity contribution in [1.82, 2.24) is 4.98 Å². The molecule has 0 aliphatic heterocycles. The Morgan fingerprint density at radius 3 is 2.95 bits per heavy atom. The van der Waals surface area contributed by atoms with E-state index in [1.165, 1.54) is 24.0 Å². The minimum absolute atomic E-state index is 0.447. The summed E-state index contributed by atoms with van der Waals surface area (Å²) >= 11 is 0. The van der Waals surface area contributed by atoms with Crippen molar-refractivity contribution in [1.29, 1.82) is 0 Å². The van der Waals surface area contributed by atoms with Crippen molar-refractivity contribution in [2.45, 2.75) is 32.7 Å². The second kappa shape index (κ2) is 5.95. The second-order valence-electron chi connectivity index (χ2n) is 5.47. The first-order valence-electron chi connectivity index (χ1n) is 7.31. The number of aromatic nitrogens is 1. The van der Waals surface area contributed by atoms with Gasteiger partial charge in [0.05, 0.1) is 6.54 Å². The Bertz CT molecular complexity index is 676. The Balaban J connectivity index is 1.65. The van der Waals surface area contributed by atoms with E-state index in [-0.39, 0.29) is 0 Å². The molecular weight excluding hydrogens is 260 g/mol. The molecule has 1 aromatic carbocycles. The molecule has 1 aliphatic carbocycles. The van der Waals surface area contributed by atoms with E-state index in [0.29, 0.717) is 12.5 Å². The van der Waals surface area contributed by atoms with Crippen molar-refractivity contribution in [3.05, 3.63) is 58.9 Å². The van der Waals surface area contributed by atoms with Crippen molar-refractivity contribution < 1.29 is 0 Å². The first-order chi connectivity index (χ1) is 10.2. The van der Waals surface area contributed by atoms with Crippen LogP contribution in [0.5, 0.6) is 0 Å². The van der Waals surface area contributed by atoms with Crippen molar-refractivity contribution in [2.75, 3.05) is 5.32 Å². The number of aryl methyl sites for hydroxylation is 3. The summed E-state index contributed by atoms with van der Waals surface area (Å²) in [6.07, 6.45) is 5.41. The summed E-state index contributed by atoms with van der Waals surface area (Å²) in [5.41, 5.74) is 12.0. The number of benzene rings is 1. The first-order valence-corrected chi connectivity index (χ1v) is 7.31. The zero-order valence-corrected chi connectivity index (χ0v) is 12.3. The van der Waals surface area contributed by atoms with Gasteiger partial charge in [-0.05, 0) is 67.1 Å². The Kier molecular flexibility index (Phi) is 3.86. The molecule has 4 heteroatoms. The van der Waals surface area contributed by atoms with E-state index in [1.54, 1.807) is 6.20 Å². The van der Waals surface area contributed by atoms with Crippen LogP contribution in [-0.2, 0) is 19.4 Å². The Morgan fingerprint density at radius 1 is 1.24 bits per heavy atom. The molecule has 0 radical (unpaired) electrons. The maximum Gasteiger partial charge on any atom is 0.193 e. The number of hydrogen-bond donors (Lipinski definition) is 2. The number of fused-ring (bicyclic) bond motifs is 1. The van der Waals surface area contributed by atoms with Crippen molar-refractivity contribution in [3.8, 4) is 0 Å². The van der Waals surface area contributed by atoms with Gasteiger partial charge in [-0.25, -0.2) is 4.99 Å². The zero-order valence-electron chi connectivity index (χ0n) is 12.3. The summed E-state index contributed by atoms with van der Waals surface area (Å²) in [6.45, 7) is 2.53. The summed E-state index contributed by atoms with van der Waals surface area (Å²) in [5.74, 6) is 0.447. The van der Waals surface area contributed by atoms with Crippen LogP contribution in [0.2, 0.25) is 0 Å². The molecule has 0 saturated heterocycles. The fourth-order valence-corrected chi connectivity index (χ4v) is 2.72. The highest BCUT2D eigenvalue weighted by atomic mass is 15.1. The minimum Gasteiger partial charge on any atom is -0.370 e. The highest BCUT2D eigenvalue weighted by molar-refractivity contribution is 5.92. The predicted octanol–water partition coefficient (Wildman–Crippen LogP) is 2.81. The fraction of sp³-hybridized carbons (Fsp3) is 0.294. The number of nitrogens with zero attached hydrogens (tertiary/aromatic N) is 2. The lowest BCUT2D eigenvalue weighted by Crippen LogP contribution is -2.22. The monoisotopic (exact) mass is 280 g/mol. The lowest BCUT2D eigenvalue weighted by molar-refractivity contribution is 0.912. The molecule has 0 unspecified atom stereocenters. The van der Waals surface area contributed by atoms with Gasteiger partial charge in [-0.3, -0.25) is 4.98 Å². The Hall–Kier alpha value is -2.36. The lowest BCUT2D eigenvalue weighted by Gasteiger charge is -2.08. The smallest absolute Gasteiger partial charge is 0.193 e. The molecule has 0 bridgehead atoms. The Labute approximate surface area is 125 Å². The molecule has 1 aromatic heterocycles. The van der Waals surface area contributed by atoms with Gasteiger partial charge in [-0.15, -0.1) is 0 Å². The molecular formula is C17H20N4. The summed E-state index contributed by atoms with van der Waals surface area (Å²) < 4.78 is 0. The van der Waals surface area contributed by atoms with Crippen LogP contribution in [0.1, 0.15) is 28.8 Å². The van der Waals surface area contributed by atoms with Crippen LogP contribution in [0.15, 0.2) is 41.5 Å². The molecule has 0 fully saturated rings. The van der Waals surface area contributed by atoms with Gasteiger partial charge in [0.25, 0.3) is 0 Å². The van der Waals surface area contributed by atoms with Gasteiger partial charge in [0.2, 0.25) is 0 Å². The number of pyridine rings is 1. The van der Waals surface area contributed by atoms with Gasteiger partial charge in [-0.2, -0.15) is 0 Å². The maximum atomic E-state index is 5.96. The molecule has 3 rings (SSSR count). The van der Waals surface area contributed by atoms with Gasteiger partial charge in [0.15, 0.2) is 5.96 Å². The van der Waals surface area contributed by atoms with Gasteiger partial charge >= 0.3 is 0 Å². The van der Waals surface area contributed by atoms with Gasteiger partial charge < -0.3 is 11.1 Å². The molecule has 1 aliphatic rings.